The van der Waals surface area contributed by atoms with E-state index in [1.807, 2.05) is 35.8 Å². The standard InChI is InChI=1S/C27H24N6O2/c1-2-28-26-24-27(30-13-29-26)33(14-31-24)19-12-20(34)22-23(32-35-25(19)22)21-17-9-5-3-7-15(17)11-16-8-4-6-10-18(16)21/h3-11,13-14,19-20,22,25,34H,2,12H2,1H3,(H,28,29,30)/t19-,20+,22+,25+/m1/s1. The van der Waals surface area contributed by atoms with Crippen LogP contribution in [0.3, 0.4) is 0 Å². The summed E-state index contributed by atoms with van der Waals surface area (Å²) in [5.74, 6) is 0.458. The van der Waals surface area contributed by atoms with Crippen molar-refractivity contribution in [3.63, 3.8) is 0 Å². The van der Waals surface area contributed by atoms with Gasteiger partial charge in [0.05, 0.1) is 30.1 Å². The van der Waals surface area contributed by atoms with Gasteiger partial charge in [-0.2, -0.15) is 0 Å². The Morgan fingerprint density at radius 3 is 2.51 bits per heavy atom. The van der Waals surface area contributed by atoms with Gasteiger partial charge in [-0.1, -0.05) is 53.7 Å². The Balaban J connectivity index is 1.34. The third kappa shape index (κ3) is 2.96. The van der Waals surface area contributed by atoms with E-state index in [0.29, 0.717) is 17.8 Å². The van der Waals surface area contributed by atoms with Gasteiger partial charge in [0.1, 0.15) is 11.8 Å². The number of anilines is 1. The highest BCUT2D eigenvalue weighted by molar-refractivity contribution is 6.22. The van der Waals surface area contributed by atoms with E-state index in [1.54, 1.807) is 12.7 Å². The van der Waals surface area contributed by atoms with E-state index in [2.05, 4.69) is 55.8 Å². The second-order valence-electron chi connectivity index (χ2n) is 9.21. The summed E-state index contributed by atoms with van der Waals surface area (Å²) in [6, 6.07) is 18.7. The maximum Gasteiger partial charge on any atom is 0.165 e. The molecule has 0 amide bonds. The van der Waals surface area contributed by atoms with Crippen LogP contribution in [0.1, 0.15) is 24.9 Å². The molecule has 4 atom stereocenters. The monoisotopic (exact) mass is 464 g/mol. The third-order valence-electron chi connectivity index (χ3n) is 7.31. The number of imidazole rings is 1. The molecule has 8 heteroatoms. The first-order valence-electron chi connectivity index (χ1n) is 12.0. The number of aromatic nitrogens is 4. The highest BCUT2D eigenvalue weighted by Crippen LogP contribution is 2.45. The number of nitrogens with zero attached hydrogens (tertiary/aromatic N) is 5. The largest absolute Gasteiger partial charge is 0.392 e. The van der Waals surface area contributed by atoms with E-state index < -0.39 is 6.10 Å². The van der Waals surface area contributed by atoms with Crippen LogP contribution in [0.2, 0.25) is 0 Å². The zero-order valence-electron chi connectivity index (χ0n) is 19.2. The van der Waals surface area contributed by atoms with E-state index >= 15 is 0 Å². The zero-order chi connectivity index (χ0) is 23.5. The second-order valence-corrected chi connectivity index (χ2v) is 9.21. The fourth-order valence-corrected chi connectivity index (χ4v) is 5.80. The van der Waals surface area contributed by atoms with Crippen molar-refractivity contribution in [1.82, 2.24) is 19.5 Å². The highest BCUT2D eigenvalue weighted by Gasteiger charge is 2.52. The number of hydrogen-bond acceptors (Lipinski definition) is 7. The number of oxime groups is 1. The van der Waals surface area contributed by atoms with Crippen LogP contribution >= 0.6 is 0 Å². The van der Waals surface area contributed by atoms with E-state index in [4.69, 9.17) is 4.84 Å². The van der Waals surface area contributed by atoms with Crippen LogP contribution in [-0.4, -0.2) is 49.1 Å². The van der Waals surface area contributed by atoms with Gasteiger partial charge in [-0.25, -0.2) is 15.0 Å². The quantitative estimate of drug-likeness (QED) is 0.385. The molecule has 0 spiro atoms. The summed E-state index contributed by atoms with van der Waals surface area (Å²) < 4.78 is 2.01. The van der Waals surface area contributed by atoms with Crippen LogP contribution in [0, 0.1) is 5.92 Å². The minimum atomic E-state index is -0.600. The molecule has 1 saturated carbocycles. The molecule has 35 heavy (non-hydrogen) atoms. The molecule has 1 fully saturated rings. The Hall–Kier alpha value is -4.04. The molecule has 1 aliphatic heterocycles. The number of benzene rings is 3. The molecule has 8 nitrogen and oxygen atoms in total. The number of nitrogens with one attached hydrogen (secondary N) is 1. The summed E-state index contributed by atoms with van der Waals surface area (Å²) in [7, 11) is 0. The molecule has 1 aliphatic carbocycles. The Bertz CT molecular complexity index is 1570. The molecule has 0 saturated heterocycles. The Labute approximate surface area is 201 Å². The summed E-state index contributed by atoms with van der Waals surface area (Å²) in [4.78, 5) is 19.5. The number of hydrogen-bond donors (Lipinski definition) is 2. The van der Waals surface area contributed by atoms with Crippen molar-refractivity contribution in [3.8, 4) is 0 Å². The van der Waals surface area contributed by atoms with Crippen LogP contribution in [0.15, 0.2) is 72.4 Å². The van der Waals surface area contributed by atoms with E-state index in [1.165, 1.54) is 0 Å². The summed E-state index contributed by atoms with van der Waals surface area (Å²) in [5.41, 5.74) is 3.29. The molecule has 2 aromatic heterocycles. The predicted molar refractivity (Wildman–Crippen MR) is 136 cm³/mol. The van der Waals surface area contributed by atoms with Crippen LogP contribution in [0.25, 0.3) is 32.7 Å². The molecular formula is C27H24N6O2. The van der Waals surface area contributed by atoms with Gasteiger partial charge in [-0.3, -0.25) is 0 Å². The van der Waals surface area contributed by atoms with E-state index in [-0.39, 0.29) is 18.1 Å². The molecule has 3 aromatic carbocycles. The number of aliphatic hydroxyl groups excluding tert-OH is 1. The van der Waals surface area contributed by atoms with Gasteiger partial charge in [-0.15, -0.1) is 0 Å². The lowest BCUT2D eigenvalue weighted by atomic mass is 9.86. The normalized spacial score (nSPS) is 23.5. The molecule has 3 heterocycles. The molecular weight excluding hydrogens is 440 g/mol. The number of fused-ring (bicyclic) bond motifs is 4. The molecule has 174 valence electrons. The first-order chi connectivity index (χ1) is 17.2. The number of rotatable bonds is 4. The van der Waals surface area contributed by atoms with Gasteiger partial charge < -0.3 is 19.8 Å². The Kier molecular flexibility index (Phi) is 4.50. The topological polar surface area (TPSA) is 97.5 Å². The fourth-order valence-electron chi connectivity index (χ4n) is 5.80. The highest BCUT2D eigenvalue weighted by atomic mass is 16.6. The maximum atomic E-state index is 11.3. The van der Waals surface area contributed by atoms with Gasteiger partial charge in [0, 0.05) is 12.1 Å². The zero-order valence-corrected chi connectivity index (χ0v) is 19.2. The van der Waals surface area contributed by atoms with Crippen LogP contribution in [-0.2, 0) is 4.84 Å². The molecule has 0 bridgehead atoms. The minimum Gasteiger partial charge on any atom is -0.392 e. The molecule has 0 unspecified atom stereocenters. The first-order valence-corrected chi connectivity index (χ1v) is 12.0. The van der Waals surface area contributed by atoms with Gasteiger partial charge in [0.15, 0.2) is 17.6 Å². The summed E-state index contributed by atoms with van der Waals surface area (Å²) in [5, 5.41) is 23.7. The van der Waals surface area contributed by atoms with Crippen molar-refractivity contribution in [2.45, 2.75) is 31.6 Å². The van der Waals surface area contributed by atoms with Crippen molar-refractivity contribution in [2.24, 2.45) is 11.1 Å². The van der Waals surface area contributed by atoms with E-state index in [0.717, 1.165) is 45.0 Å². The summed E-state index contributed by atoms with van der Waals surface area (Å²) in [6.45, 7) is 2.76. The maximum absolute atomic E-state index is 11.3. The van der Waals surface area contributed by atoms with Gasteiger partial charge in [0.25, 0.3) is 0 Å². The summed E-state index contributed by atoms with van der Waals surface area (Å²) >= 11 is 0. The van der Waals surface area contributed by atoms with Crippen molar-refractivity contribution in [1.29, 1.82) is 0 Å². The van der Waals surface area contributed by atoms with Crippen molar-refractivity contribution < 1.29 is 9.94 Å². The van der Waals surface area contributed by atoms with Gasteiger partial charge in [0.2, 0.25) is 0 Å². The molecule has 2 aliphatic rings. The average molecular weight is 465 g/mol. The Morgan fingerprint density at radius 2 is 1.77 bits per heavy atom. The summed E-state index contributed by atoms with van der Waals surface area (Å²) in [6.07, 6.45) is 2.93. The fraction of sp³-hybridized carbons (Fsp3) is 0.259. The molecule has 2 N–H and O–H groups in total. The smallest absolute Gasteiger partial charge is 0.165 e. The van der Waals surface area contributed by atoms with Crippen LogP contribution < -0.4 is 5.32 Å². The molecule has 7 rings (SSSR count). The van der Waals surface area contributed by atoms with Crippen molar-refractivity contribution in [3.05, 3.63) is 72.8 Å². The second kappa shape index (κ2) is 7.74. The SMILES string of the molecule is CCNc1ncnc2c1ncn2[C@@H]1C[C@H](O)[C@H]2C(c3c4ccccc4cc4ccccc34)=NO[C@H]21. The predicted octanol–water partition coefficient (Wildman–Crippen LogP) is 4.29. The Morgan fingerprint density at radius 1 is 1.03 bits per heavy atom. The first kappa shape index (κ1) is 20.3. The lowest BCUT2D eigenvalue weighted by Gasteiger charge is -2.19. The van der Waals surface area contributed by atoms with Crippen LogP contribution in [0.4, 0.5) is 5.82 Å². The van der Waals surface area contributed by atoms with Crippen molar-refractivity contribution in [2.75, 3.05) is 11.9 Å². The van der Waals surface area contributed by atoms with Gasteiger partial charge in [-0.05, 0) is 41.0 Å². The van der Waals surface area contributed by atoms with Crippen molar-refractivity contribution >= 4 is 44.2 Å². The minimum absolute atomic E-state index is 0.146. The van der Waals surface area contributed by atoms with Gasteiger partial charge >= 0.3 is 0 Å². The molecule has 0 radical (unpaired) electrons. The van der Waals surface area contributed by atoms with Crippen LogP contribution in [0.5, 0.6) is 0 Å². The van der Waals surface area contributed by atoms with E-state index in [9.17, 15) is 5.11 Å². The molecule has 5 aromatic rings. The lowest BCUT2D eigenvalue weighted by molar-refractivity contribution is 0.0380. The number of aliphatic hydroxyl groups is 1. The lowest BCUT2D eigenvalue weighted by Crippen LogP contribution is -2.29. The third-order valence-corrected chi connectivity index (χ3v) is 7.31. The average Bonchev–Trinajstić information content (AvgIpc) is 3.59.